The standard InChI is InChI=1S/C22H16BNO4/c1-24-18-7-9-19(10-8-18)27-20-11-12-21(17(13-20)14-25)23-26-15-22(28-23)16-5-3-2-4-6-16/h2-14,22H,15H2. The van der Waals surface area contributed by atoms with E-state index >= 15 is 0 Å². The van der Waals surface area contributed by atoms with Crippen LogP contribution in [0.25, 0.3) is 4.85 Å². The molecule has 1 heterocycles. The lowest BCUT2D eigenvalue weighted by atomic mass is 9.76. The Morgan fingerprint density at radius 1 is 1.04 bits per heavy atom. The molecule has 1 aliphatic heterocycles. The first-order valence-electron chi connectivity index (χ1n) is 8.83. The molecule has 0 bridgehead atoms. The molecule has 1 aliphatic rings. The molecule has 0 radical (unpaired) electrons. The third-order valence-corrected chi connectivity index (χ3v) is 4.50. The largest absolute Gasteiger partial charge is 0.495 e. The van der Waals surface area contributed by atoms with Gasteiger partial charge in [0.15, 0.2) is 5.69 Å². The predicted molar refractivity (Wildman–Crippen MR) is 106 cm³/mol. The molecule has 4 rings (SSSR count). The van der Waals surface area contributed by atoms with Gasteiger partial charge in [-0.25, -0.2) is 4.85 Å². The SMILES string of the molecule is [C-]#[N+]c1ccc(Oc2ccc(B3OCC(c4ccccc4)O3)c(C=O)c2)cc1. The third kappa shape index (κ3) is 3.81. The first-order chi connectivity index (χ1) is 13.8. The fourth-order valence-electron chi connectivity index (χ4n) is 3.07. The van der Waals surface area contributed by atoms with Crippen LogP contribution in [-0.2, 0) is 9.31 Å². The molecule has 6 heteroatoms. The van der Waals surface area contributed by atoms with E-state index in [1.54, 1.807) is 42.5 Å². The van der Waals surface area contributed by atoms with E-state index in [2.05, 4.69) is 4.85 Å². The van der Waals surface area contributed by atoms with Crippen LogP contribution in [0.2, 0.25) is 0 Å². The van der Waals surface area contributed by atoms with Crippen molar-refractivity contribution in [2.75, 3.05) is 6.61 Å². The van der Waals surface area contributed by atoms with E-state index < -0.39 is 7.12 Å². The van der Waals surface area contributed by atoms with Crippen LogP contribution in [0.15, 0.2) is 72.8 Å². The summed E-state index contributed by atoms with van der Waals surface area (Å²) in [6, 6.07) is 21.9. The Morgan fingerprint density at radius 3 is 2.50 bits per heavy atom. The number of carbonyl (C=O) groups is 1. The number of nitrogens with zero attached hydrogens (tertiary/aromatic N) is 1. The molecular formula is C22H16BNO4. The molecule has 1 fully saturated rings. The molecule has 28 heavy (non-hydrogen) atoms. The molecule has 0 saturated carbocycles. The fourth-order valence-corrected chi connectivity index (χ4v) is 3.07. The van der Waals surface area contributed by atoms with Gasteiger partial charge in [-0.1, -0.05) is 48.5 Å². The zero-order valence-corrected chi connectivity index (χ0v) is 14.9. The quantitative estimate of drug-likeness (QED) is 0.382. The minimum atomic E-state index is -0.600. The van der Waals surface area contributed by atoms with Crippen molar-refractivity contribution >= 4 is 24.6 Å². The van der Waals surface area contributed by atoms with Gasteiger partial charge in [-0.3, -0.25) is 4.79 Å². The molecule has 3 aromatic carbocycles. The van der Waals surface area contributed by atoms with Gasteiger partial charge >= 0.3 is 7.12 Å². The van der Waals surface area contributed by atoms with Gasteiger partial charge in [0.1, 0.15) is 17.8 Å². The van der Waals surface area contributed by atoms with Gasteiger partial charge in [0.05, 0.1) is 19.3 Å². The van der Waals surface area contributed by atoms with Crippen molar-refractivity contribution in [2.24, 2.45) is 0 Å². The number of ether oxygens (including phenoxy) is 1. The Morgan fingerprint density at radius 2 is 1.79 bits per heavy atom. The average Bonchev–Trinajstić information content (AvgIpc) is 3.25. The van der Waals surface area contributed by atoms with Crippen LogP contribution in [0.1, 0.15) is 22.0 Å². The fraction of sp³-hybridized carbons (Fsp3) is 0.0909. The van der Waals surface area contributed by atoms with E-state index in [9.17, 15) is 4.79 Å². The first-order valence-corrected chi connectivity index (χ1v) is 8.83. The van der Waals surface area contributed by atoms with Crippen LogP contribution in [-0.4, -0.2) is 20.0 Å². The minimum absolute atomic E-state index is 0.164. The topological polar surface area (TPSA) is 49.1 Å². The van der Waals surface area contributed by atoms with E-state index in [-0.39, 0.29) is 6.10 Å². The van der Waals surface area contributed by atoms with E-state index in [1.807, 2.05) is 30.3 Å². The highest BCUT2D eigenvalue weighted by Gasteiger charge is 2.35. The van der Waals surface area contributed by atoms with Crippen molar-refractivity contribution in [2.45, 2.75) is 6.10 Å². The van der Waals surface area contributed by atoms with Crippen molar-refractivity contribution in [1.29, 1.82) is 0 Å². The van der Waals surface area contributed by atoms with E-state index in [0.29, 0.717) is 34.8 Å². The third-order valence-electron chi connectivity index (χ3n) is 4.50. The van der Waals surface area contributed by atoms with Gasteiger partial charge in [0, 0.05) is 5.56 Å². The Hall–Kier alpha value is -3.40. The van der Waals surface area contributed by atoms with Crippen LogP contribution in [0.3, 0.4) is 0 Å². The molecule has 1 atom stereocenters. The number of hydrogen-bond acceptors (Lipinski definition) is 4. The summed E-state index contributed by atoms with van der Waals surface area (Å²) in [5.74, 6) is 1.12. The monoisotopic (exact) mass is 369 g/mol. The van der Waals surface area contributed by atoms with Crippen molar-refractivity contribution in [3.8, 4) is 11.5 Å². The molecular weight excluding hydrogens is 353 g/mol. The van der Waals surface area contributed by atoms with Crippen molar-refractivity contribution in [1.82, 2.24) is 0 Å². The zero-order chi connectivity index (χ0) is 19.3. The maximum Gasteiger partial charge on any atom is 0.495 e. The van der Waals surface area contributed by atoms with E-state index in [0.717, 1.165) is 11.8 Å². The predicted octanol–water partition coefficient (Wildman–Crippen LogP) is 4.33. The molecule has 0 aliphatic carbocycles. The summed E-state index contributed by atoms with van der Waals surface area (Å²) in [6.45, 7) is 7.41. The maximum atomic E-state index is 11.6. The summed E-state index contributed by atoms with van der Waals surface area (Å²) >= 11 is 0. The van der Waals surface area contributed by atoms with Crippen molar-refractivity contribution < 1.29 is 18.8 Å². The highest BCUT2D eigenvalue weighted by atomic mass is 16.6. The number of hydrogen-bond donors (Lipinski definition) is 0. The summed E-state index contributed by atoms with van der Waals surface area (Å²) in [5.41, 5.74) is 2.71. The summed E-state index contributed by atoms with van der Waals surface area (Å²) in [4.78, 5) is 15.0. The highest BCUT2D eigenvalue weighted by Crippen LogP contribution is 2.27. The molecule has 5 nitrogen and oxygen atoms in total. The summed E-state index contributed by atoms with van der Waals surface area (Å²) in [5, 5.41) is 0. The normalized spacial score (nSPS) is 15.8. The first kappa shape index (κ1) is 18.0. The molecule has 0 N–H and O–H groups in total. The molecule has 0 aromatic heterocycles. The Kier molecular flexibility index (Phi) is 5.20. The lowest BCUT2D eigenvalue weighted by Gasteiger charge is -2.12. The van der Waals surface area contributed by atoms with Crippen LogP contribution in [0.5, 0.6) is 11.5 Å². The second-order valence-corrected chi connectivity index (χ2v) is 6.32. The maximum absolute atomic E-state index is 11.6. The number of benzene rings is 3. The Balaban J connectivity index is 1.51. The zero-order valence-electron chi connectivity index (χ0n) is 14.9. The molecule has 0 spiro atoms. The van der Waals surface area contributed by atoms with Gasteiger partial charge in [-0.15, -0.1) is 0 Å². The average molecular weight is 369 g/mol. The van der Waals surface area contributed by atoms with Crippen LogP contribution in [0.4, 0.5) is 5.69 Å². The Labute approximate surface area is 163 Å². The van der Waals surface area contributed by atoms with Crippen LogP contribution in [0, 0.1) is 6.57 Å². The second kappa shape index (κ2) is 8.09. The molecule has 1 unspecified atom stereocenters. The van der Waals surface area contributed by atoms with Crippen molar-refractivity contribution in [3.63, 3.8) is 0 Å². The van der Waals surface area contributed by atoms with Gasteiger partial charge in [0.2, 0.25) is 0 Å². The van der Waals surface area contributed by atoms with Crippen LogP contribution < -0.4 is 10.2 Å². The highest BCUT2D eigenvalue weighted by molar-refractivity contribution is 6.63. The summed E-state index contributed by atoms with van der Waals surface area (Å²) in [6.07, 6.45) is 0.606. The molecule has 1 saturated heterocycles. The van der Waals surface area contributed by atoms with Crippen LogP contribution >= 0.6 is 0 Å². The Bertz CT molecular complexity index is 1010. The molecule has 136 valence electrons. The number of aldehydes is 1. The number of carbonyl (C=O) groups excluding carboxylic acids is 1. The molecule has 0 amide bonds. The summed E-state index contributed by atoms with van der Waals surface area (Å²) in [7, 11) is -0.600. The van der Waals surface area contributed by atoms with Gasteiger partial charge in [0.25, 0.3) is 0 Å². The molecule has 3 aromatic rings. The van der Waals surface area contributed by atoms with Gasteiger partial charge in [-0.2, -0.15) is 0 Å². The number of rotatable bonds is 5. The summed E-state index contributed by atoms with van der Waals surface area (Å²) < 4.78 is 17.6. The van der Waals surface area contributed by atoms with Gasteiger partial charge < -0.3 is 14.0 Å². The smallest absolute Gasteiger partial charge is 0.457 e. The van der Waals surface area contributed by atoms with Gasteiger partial charge in [-0.05, 0) is 35.3 Å². The second-order valence-electron chi connectivity index (χ2n) is 6.32. The lowest BCUT2D eigenvalue weighted by Crippen LogP contribution is -2.34. The minimum Gasteiger partial charge on any atom is -0.457 e. The lowest BCUT2D eigenvalue weighted by molar-refractivity contribution is 0.112. The van der Waals surface area contributed by atoms with E-state index in [1.165, 1.54) is 0 Å². The van der Waals surface area contributed by atoms with Crippen molar-refractivity contribution in [3.05, 3.63) is 95.3 Å². The van der Waals surface area contributed by atoms with E-state index in [4.69, 9.17) is 20.6 Å².